The molecular weight excluding hydrogens is 538 g/mol. The predicted molar refractivity (Wildman–Crippen MR) is 129 cm³/mol. The van der Waals surface area contributed by atoms with Crippen molar-refractivity contribution >= 4 is 43.5 Å². The summed E-state index contributed by atoms with van der Waals surface area (Å²) in [5.41, 5.74) is 0.705. The minimum Gasteiger partial charge on any atom is -0.388 e. The Balaban J connectivity index is 1.34. The van der Waals surface area contributed by atoms with Crippen molar-refractivity contribution < 1.29 is 38.8 Å². The van der Waals surface area contributed by atoms with Crippen LogP contribution in [-0.4, -0.2) is 105 Å². The van der Waals surface area contributed by atoms with E-state index in [9.17, 15) is 24.2 Å². The van der Waals surface area contributed by atoms with E-state index < -0.39 is 51.6 Å². The standard InChI is InChI=1S/C19H29ClN6O8P2/c20-19-23-16(22-11-7-25-4-1-10(11)2-5-25)13-17(24-19)26(8-21-13)18-15(28)14(27)12(34-18)3-6-35(29,30)9-36(31,32)33/h8,10-12,14-15,18,27-28H,1-7,9H2,(H,29,30)(H,22,23,24)(H2,31,32,33)/t11?,12-,14?,15+,18-/m1/s1. The van der Waals surface area contributed by atoms with Gasteiger partial charge in [-0.15, -0.1) is 0 Å². The van der Waals surface area contributed by atoms with Crippen LogP contribution < -0.4 is 5.32 Å². The van der Waals surface area contributed by atoms with Gasteiger partial charge in [0, 0.05) is 18.7 Å². The van der Waals surface area contributed by atoms with Crippen molar-refractivity contribution in [2.24, 2.45) is 5.92 Å². The van der Waals surface area contributed by atoms with Crippen LogP contribution in [0, 0.1) is 5.92 Å². The number of halogens is 1. The van der Waals surface area contributed by atoms with E-state index in [1.54, 1.807) is 0 Å². The summed E-state index contributed by atoms with van der Waals surface area (Å²) in [6, 6.07) is 0.189. The molecule has 2 aromatic rings. The summed E-state index contributed by atoms with van der Waals surface area (Å²) < 4.78 is 30.5. The van der Waals surface area contributed by atoms with E-state index in [-0.39, 0.29) is 23.4 Å². The van der Waals surface area contributed by atoms with Crippen molar-refractivity contribution in [3.8, 4) is 0 Å². The van der Waals surface area contributed by atoms with Gasteiger partial charge in [0.1, 0.15) is 18.1 Å². The molecule has 200 valence electrons. The topological polar surface area (TPSA) is 203 Å². The second-order valence-electron chi connectivity index (χ2n) is 9.77. The molecule has 2 aromatic heterocycles. The molecule has 14 nitrogen and oxygen atoms in total. The second kappa shape index (κ2) is 9.85. The lowest BCUT2D eigenvalue weighted by Crippen LogP contribution is -2.53. The van der Waals surface area contributed by atoms with Gasteiger partial charge in [0.25, 0.3) is 0 Å². The normalized spacial score (nSPS) is 34.2. The lowest BCUT2D eigenvalue weighted by atomic mass is 9.84. The van der Waals surface area contributed by atoms with Crippen LogP contribution in [0.1, 0.15) is 25.5 Å². The first kappa shape index (κ1) is 26.4. The number of rotatable bonds is 8. The highest BCUT2D eigenvalue weighted by Crippen LogP contribution is 2.55. The molecule has 0 radical (unpaired) electrons. The van der Waals surface area contributed by atoms with Crippen LogP contribution in [0.5, 0.6) is 0 Å². The summed E-state index contributed by atoms with van der Waals surface area (Å²) in [5.74, 6) is -0.179. The number of aromatic nitrogens is 4. The Morgan fingerprint density at radius 1 is 1.14 bits per heavy atom. The van der Waals surface area contributed by atoms with Gasteiger partial charge in [0.05, 0.1) is 12.4 Å². The van der Waals surface area contributed by atoms with Crippen LogP contribution >= 0.6 is 26.6 Å². The molecule has 4 aliphatic rings. The zero-order valence-corrected chi connectivity index (χ0v) is 21.7. The van der Waals surface area contributed by atoms with Crippen LogP contribution in [-0.2, 0) is 13.9 Å². The van der Waals surface area contributed by atoms with Crippen LogP contribution in [0.15, 0.2) is 6.33 Å². The highest BCUT2D eigenvalue weighted by molar-refractivity contribution is 7.72. The minimum absolute atomic E-state index is 0.0312. The van der Waals surface area contributed by atoms with Crippen molar-refractivity contribution in [3.05, 3.63) is 11.6 Å². The van der Waals surface area contributed by atoms with Gasteiger partial charge in [-0.2, -0.15) is 9.97 Å². The fourth-order valence-corrected chi connectivity index (χ4v) is 9.06. The first-order valence-corrected chi connectivity index (χ1v) is 15.9. The van der Waals surface area contributed by atoms with Crippen molar-refractivity contribution in [2.45, 2.75) is 49.8 Å². The van der Waals surface area contributed by atoms with Crippen LogP contribution in [0.25, 0.3) is 11.2 Å². The smallest absolute Gasteiger partial charge is 0.335 e. The number of ether oxygens (including phenoxy) is 1. The fourth-order valence-electron chi connectivity index (χ4n) is 5.37. The lowest BCUT2D eigenvalue weighted by molar-refractivity contribution is -0.0354. The van der Waals surface area contributed by atoms with E-state index in [2.05, 4.69) is 25.2 Å². The van der Waals surface area contributed by atoms with Crippen LogP contribution in [0.4, 0.5) is 5.82 Å². The number of fused-ring (bicyclic) bond motifs is 4. The number of hydrogen-bond donors (Lipinski definition) is 6. The average Bonchev–Trinajstić information content (AvgIpc) is 3.33. The van der Waals surface area contributed by atoms with E-state index >= 15 is 0 Å². The summed E-state index contributed by atoms with van der Waals surface area (Å²) >= 11 is 6.21. The van der Waals surface area contributed by atoms with E-state index in [1.807, 2.05) is 0 Å². The summed E-state index contributed by atoms with van der Waals surface area (Å²) in [7, 11) is -8.87. The molecule has 0 aliphatic carbocycles. The largest absolute Gasteiger partial charge is 0.388 e. The molecule has 4 aliphatic heterocycles. The Morgan fingerprint density at radius 3 is 2.50 bits per heavy atom. The average molecular weight is 567 g/mol. The van der Waals surface area contributed by atoms with Gasteiger partial charge in [0.2, 0.25) is 12.7 Å². The molecule has 0 spiro atoms. The van der Waals surface area contributed by atoms with E-state index in [0.717, 1.165) is 32.5 Å². The number of nitrogens with zero attached hydrogens (tertiary/aromatic N) is 5. The van der Waals surface area contributed by atoms with Gasteiger partial charge in [-0.1, -0.05) is 0 Å². The van der Waals surface area contributed by atoms with Gasteiger partial charge in [0.15, 0.2) is 23.2 Å². The Kier molecular flexibility index (Phi) is 7.23. The Bertz CT molecular complexity index is 1220. The number of nitrogens with one attached hydrogen (secondary N) is 1. The number of aliphatic hydroxyl groups excluding tert-OH is 2. The Labute approximate surface area is 211 Å². The summed E-state index contributed by atoms with van der Waals surface area (Å²) in [5, 5.41) is 24.6. The molecule has 0 amide bonds. The Hall–Kier alpha value is -1.18. The highest BCUT2D eigenvalue weighted by Gasteiger charge is 2.45. The monoisotopic (exact) mass is 566 g/mol. The molecule has 6 atom stereocenters. The van der Waals surface area contributed by atoms with Crippen molar-refractivity contribution in [1.82, 2.24) is 24.4 Å². The van der Waals surface area contributed by atoms with Crippen LogP contribution in [0.2, 0.25) is 5.28 Å². The lowest BCUT2D eigenvalue weighted by Gasteiger charge is -2.45. The molecular formula is C19H29ClN6O8P2. The number of imidazole rings is 1. The fraction of sp³-hybridized carbons (Fsp3) is 0.737. The molecule has 36 heavy (non-hydrogen) atoms. The third-order valence-electron chi connectivity index (χ3n) is 7.15. The molecule has 0 aromatic carbocycles. The molecule has 0 saturated carbocycles. The highest BCUT2D eigenvalue weighted by atomic mass is 35.5. The van der Waals surface area contributed by atoms with Crippen molar-refractivity contribution in [1.29, 1.82) is 0 Å². The molecule has 6 N–H and O–H groups in total. The maximum absolute atomic E-state index is 12.2. The van der Waals surface area contributed by atoms with Gasteiger partial charge < -0.3 is 39.8 Å². The molecule has 4 saturated heterocycles. The number of hydrogen-bond acceptors (Lipinski definition) is 10. The van der Waals surface area contributed by atoms with E-state index in [4.69, 9.17) is 26.1 Å². The van der Waals surface area contributed by atoms with Crippen molar-refractivity contribution in [3.63, 3.8) is 0 Å². The van der Waals surface area contributed by atoms with Crippen molar-refractivity contribution in [2.75, 3.05) is 37.0 Å². The number of anilines is 1. The summed E-state index contributed by atoms with van der Waals surface area (Å²) in [6.07, 6.45) is -2.10. The third kappa shape index (κ3) is 5.49. The predicted octanol–water partition coefficient (Wildman–Crippen LogP) is 0.401. The molecule has 6 heterocycles. The third-order valence-corrected chi connectivity index (χ3v) is 11.5. The van der Waals surface area contributed by atoms with Gasteiger partial charge in [-0.05, 0) is 49.9 Å². The molecule has 6 rings (SSSR count). The van der Waals surface area contributed by atoms with E-state index in [0.29, 0.717) is 17.3 Å². The minimum atomic E-state index is -4.70. The maximum atomic E-state index is 12.2. The number of piperidine rings is 3. The zero-order chi connectivity index (χ0) is 25.8. The maximum Gasteiger partial charge on any atom is 0.335 e. The molecule has 2 bridgehead atoms. The van der Waals surface area contributed by atoms with Gasteiger partial charge >= 0.3 is 7.60 Å². The second-order valence-corrected chi connectivity index (χ2v) is 14.7. The van der Waals surface area contributed by atoms with Gasteiger partial charge in [-0.25, -0.2) is 4.98 Å². The quantitative estimate of drug-likeness (QED) is 0.189. The van der Waals surface area contributed by atoms with Gasteiger partial charge in [-0.3, -0.25) is 13.7 Å². The summed E-state index contributed by atoms with van der Waals surface area (Å²) in [4.78, 5) is 43.3. The first-order chi connectivity index (χ1) is 16.9. The number of aliphatic hydroxyl groups is 2. The molecule has 3 unspecified atom stereocenters. The SMILES string of the molecule is O=P(O)(O)CP(=O)(O)CC[C@H]1O[C@@H](n2cnc3c(NC4CN5CCC4CC5)nc(Cl)nc32)[C@@H](O)C1O. The van der Waals surface area contributed by atoms with E-state index in [1.165, 1.54) is 10.9 Å². The zero-order valence-electron chi connectivity index (χ0n) is 19.2. The van der Waals surface area contributed by atoms with Crippen LogP contribution in [0.3, 0.4) is 0 Å². The first-order valence-electron chi connectivity index (χ1n) is 11.7. The molecule has 4 fully saturated rings. The summed E-state index contributed by atoms with van der Waals surface area (Å²) in [6.45, 7) is 3.06. The molecule has 17 heteroatoms. The Morgan fingerprint density at radius 2 is 1.86 bits per heavy atom.